The van der Waals surface area contributed by atoms with E-state index < -0.39 is 9.84 Å². The highest BCUT2D eigenvalue weighted by Crippen LogP contribution is 2.20. The molecular weight excluding hydrogens is 483 g/mol. The minimum atomic E-state index is -3.28. The number of nitrogens with zero attached hydrogens (tertiary/aromatic N) is 1. The molecule has 182 valence electrons. The fourth-order valence-electron chi connectivity index (χ4n) is 3.43. The van der Waals surface area contributed by atoms with Crippen molar-refractivity contribution in [1.82, 2.24) is 15.2 Å². The van der Waals surface area contributed by atoms with Crippen LogP contribution in [0.2, 0.25) is 0 Å². The lowest BCUT2D eigenvalue weighted by molar-refractivity contribution is 0.0945. The van der Waals surface area contributed by atoms with Gasteiger partial charge in [0.25, 0.3) is 5.91 Å². The van der Waals surface area contributed by atoms with Crippen LogP contribution in [0.1, 0.15) is 28.0 Å². The van der Waals surface area contributed by atoms with Crippen molar-refractivity contribution in [2.45, 2.75) is 24.3 Å². The SMILES string of the molecule is CN(CCCc1ccc(CN)cc1)CCNC(=O)c1cc2cc(S(C)(=O)=O)ccc2[nH]1.Cl.Cl. The number of likely N-dealkylation sites (N-methyl/N-ethyl adjacent to an activating group) is 1. The largest absolute Gasteiger partial charge is 0.351 e. The van der Waals surface area contributed by atoms with Crippen molar-refractivity contribution in [3.8, 4) is 0 Å². The number of nitrogens with two attached hydrogens (primary N) is 1. The number of hydrogen-bond donors (Lipinski definition) is 3. The number of amides is 1. The molecule has 7 nitrogen and oxygen atoms in total. The number of carbonyl (C=O) groups is 1. The summed E-state index contributed by atoms with van der Waals surface area (Å²) in [6.07, 6.45) is 3.21. The maximum atomic E-state index is 12.4. The van der Waals surface area contributed by atoms with Crippen LogP contribution in [0.5, 0.6) is 0 Å². The number of benzene rings is 2. The molecule has 0 bridgehead atoms. The fraction of sp³-hybridized carbons (Fsp3) is 0.348. The smallest absolute Gasteiger partial charge is 0.267 e. The van der Waals surface area contributed by atoms with Crippen LogP contribution in [0.15, 0.2) is 53.4 Å². The maximum absolute atomic E-state index is 12.4. The Morgan fingerprint density at radius 1 is 1.03 bits per heavy atom. The van der Waals surface area contributed by atoms with Crippen LogP contribution in [0, 0.1) is 0 Å². The van der Waals surface area contributed by atoms with Gasteiger partial charge < -0.3 is 20.9 Å². The zero-order valence-electron chi connectivity index (χ0n) is 18.8. The van der Waals surface area contributed by atoms with E-state index in [1.807, 2.05) is 7.05 Å². The molecule has 1 amide bonds. The Balaban J connectivity index is 0.00000272. The molecule has 0 radical (unpaired) electrons. The molecule has 0 spiro atoms. The lowest BCUT2D eigenvalue weighted by Gasteiger charge is -2.16. The number of H-pyrrole nitrogens is 1. The lowest BCUT2D eigenvalue weighted by Crippen LogP contribution is -2.33. The minimum absolute atomic E-state index is 0. The molecule has 2 aromatic carbocycles. The number of sulfone groups is 1. The molecule has 0 aliphatic rings. The van der Waals surface area contributed by atoms with E-state index in [-0.39, 0.29) is 35.6 Å². The molecule has 1 heterocycles. The van der Waals surface area contributed by atoms with E-state index in [0.29, 0.717) is 24.2 Å². The summed E-state index contributed by atoms with van der Waals surface area (Å²) in [7, 11) is -1.24. The van der Waals surface area contributed by atoms with Gasteiger partial charge in [-0.3, -0.25) is 4.79 Å². The number of fused-ring (bicyclic) bond motifs is 1. The van der Waals surface area contributed by atoms with E-state index >= 15 is 0 Å². The second kappa shape index (κ2) is 13.0. The molecule has 0 fully saturated rings. The van der Waals surface area contributed by atoms with Crippen LogP contribution in [0.25, 0.3) is 10.9 Å². The Morgan fingerprint density at radius 3 is 2.33 bits per heavy atom. The Labute approximate surface area is 207 Å². The summed E-state index contributed by atoms with van der Waals surface area (Å²) >= 11 is 0. The van der Waals surface area contributed by atoms with Gasteiger partial charge in [-0.15, -0.1) is 24.8 Å². The van der Waals surface area contributed by atoms with Crippen LogP contribution in [-0.4, -0.2) is 57.1 Å². The number of halogens is 2. The lowest BCUT2D eigenvalue weighted by atomic mass is 10.1. The molecule has 0 aliphatic carbocycles. The van der Waals surface area contributed by atoms with E-state index in [1.54, 1.807) is 18.2 Å². The van der Waals surface area contributed by atoms with E-state index in [1.165, 1.54) is 17.9 Å². The molecule has 0 saturated heterocycles. The Hall–Kier alpha value is -2.10. The normalized spacial score (nSPS) is 11.2. The predicted molar refractivity (Wildman–Crippen MR) is 138 cm³/mol. The monoisotopic (exact) mass is 514 g/mol. The van der Waals surface area contributed by atoms with Gasteiger partial charge in [-0.25, -0.2) is 8.42 Å². The quantitative estimate of drug-likeness (QED) is 0.385. The van der Waals surface area contributed by atoms with Crippen molar-refractivity contribution in [3.63, 3.8) is 0 Å². The molecule has 0 atom stereocenters. The molecule has 3 aromatic rings. The summed E-state index contributed by atoms with van der Waals surface area (Å²) in [6, 6.07) is 14.9. The van der Waals surface area contributed by atoms with Crippen LogP contribution in [0.4, 0.5) is 0 Å². The van der Waals surface area contributed by atoms with Crippen molar-refractivity contribution >= 4 is 51.5 Å². The van der Waals surface area contributed by atoms with Gasteiger partial charge >= 0.3 is 0 Å². The third kappa shape index (κ3) is 8.32. The predicted octanol–water partition coefficient (Wildman–Crippen LogP) is 3.17. The summed E-state index contributed by atoms with van der Waals surface area (Å²) in [6.45, 7) is 2.78. The molecule has 0 aliphatic heterocycles. The second-order valence-corrected chi connectivity index (χ2v) is 9.90. The molecule has 10 heteroatoms. The number of aryl methyl sites for hydroxylation is 1. The highest BCUT2D eigenvalue weighted by atomic mass is 35.5. The first-order valence-corrected chi connectivity index (χ1v) is 12.2. The van der Waals surface area contributed by atoms with Crippen LogP contribution in [0.3, 0.4) is 0 Å². The summed E-state index contributed by atoms with van der Waals surface area (Å²) < 4.78 is 23.4. The van der Waals surface area contributed by atoms with Gasteiger partial charge in [0.15, 0.2) is 9.84 Å². The Bertz CT molecular complexity index is 1150. The third-order valence-electron chi connectivity index (χ3n) is 5.31. The van der Waals surface area contributed by atoms with E-state index in [4.69, 9.17) is 5.73 Å². The van der Waals surface area contributed by atoms with Crippen LogP contribution >= 0.6 is 24.8 Å². The summed E-state index contributed by atoms with van der Waals surface area (Å²) in [4.78, 5) is 17.9. The molecule has 33 heavy (non-hydrogen) atoms. The Morgan fingerprint density at radius 2 is 1.70 bits per heavy atom. The van der Waals surface area contributed by atoms with Gasteiger partial charge in [-0.05, 0) is 61.8 Å². The average Bonchev–Trinajstić information content (AvgIpc) is 3.17. The molecule has 3 rings (SSSR count). The van der Waals surface area contributed by atoms with Crippen LogP contribution in [-0.2, 0) is 22.8 Å². The first kappa shape index (κ1) is 28.9. The van der Waals surface area contributed by atoms with Crippen molar-refractivity contribution in [3.05, 3.63) is 65.4 Å². The number of carbonyl (C=O) groups excluding carboxylic acids is 1. The fourth-order valence-corrected chi connectivity index (χ4v) is 4.08. The molecule has 4 N–H and O–H groups in total. The number of aromatic nitrogens is 1. The highest BCUT2D eigenvalue weighted by molar-refractivity contribution is 7.90. The van der Waals surface area contributed by atoms with E-state index in [0.717, 1.165) is 37.0 Å². The number of rotatable bonds is 10. The standard InChI is InChI=1S/C23H30N4O3S.2ClH/c1-27(12-3-4-17-5-7-18(16-24)8-6-17)13-11-25-23(28)22-15-19-14-20(31(2,29)30)9-10-21(19)26-22;;/h5-10,14-15,26H,3-4,11-13,16,24H2,1-2H3,(H,25,28);2*1H. The summed E-state index contributed by atoms with van der Waals surface area (Å²) in [5.74, 6) is -0.203. The van der Waals surface area contributed by atoms with Gasteiger partial charge in [0.2, 0.25) is 0 Å². The number of nitrogens with one attached hydrogen (secondary N) is 2. The van der Waals surface area contributed by atoms with Gasteiger partial charge in [0.05, 0.1) is 4.90 Å². The average molecular weight is 516 g/mol. The van der Waals surface area contributed by atoms with Gasteiger partial charge in [-0.1, -0.05) is 24.3 Å². The second-order valence-electron chi connectivity index (χ2n) is 7.89. The van der Waals surface area contributed by atoms with Gasteiger partial charge in [-0.2, -0.15) is 0 Å². The van der Waals surface area contributed by atoms with E-state index in [2.05, 4.69) is 39.5 Å². The minimum Gasteiger partial charge on any atom is -0.351 e. The highest BCUT2D eigenvalue weighted by Gasteiger charge is 2.12. The zero-order valence-corrected chi connectivity index (χ0v) is 21.3. The summed E-state index contributed by atoms with van der Waals surface area (Å²) in [5.41, 5.74) is 9.22. The maximum Gasteiger partial charge on any atom is 0.267 e. The summed E-state index contributed by atoms with van der Waals surface area (Å²) in [5, 5.41) is 3.61. The zero-order chi connectivity index (χ0) is 22.4. The topological polar surface area (TPSA) is 108 Å². The first-order valence-electron chi connectivity index (χ1n) is 10.3. The van der Waals surface area contributed by atoms with Gasteiger partial charge in [0.1, 0.15) is 5.69 Å². The molecule has 0 unspecified atom stereocenters. The van der Waals surface area contributed by atoms with Crippen molar-refractivity contribution in [1.29, 1.82) is 0 Å². The number of aromatic amines is 1. The number of hydrogen-bond acceptors (Lipinski definition) is 5. The van der Waals surface area contributed by atoms with Gasteiger partial charge in [0, 0.05) is 36.8 Å². The van der Waals surface area contributed by atoms with Crippen molar-refractivity contribution in [2.75, 3.05) is 32.9 Å². The first-order chi connectivity index (χ1) is 14.8. The molecule has 1 aromatic heterocycles. The van der Waals surface area contributed by atoms with Crippen molar-refractivity contribution < 1.29 is 13.2 Å². The van der Waals surface area contributed by atoms with Crippen molar-refractivity contribution in [2.24, 2.45) is 5.73 Å². The Kier molecular flexibility index (Phi) is 11.4. The third-order valence-corrected chi connectivity index (χ3v) is 6.42. The van der Waals surface area contributed by atoms with Crippen LogP contribution < -0.4 is 11.1 Å². The molecule has 0 saturated carbocycles. The van der Waals surface area contributed by atoms with E-state index in [9.17, 15) is 13.2 Å². The molecular formula is C23H32Cl2N4O3S.